The summed E-state index contributed by atoms with van der Waals surface area (Å²) in [5.41, 5.74) is 11.5. The maximum Gasteiger partial charge on any atom is 1.00 e. The van der Waals surface area contributed by atoms with Gasteiger partial charge in [0, 0.05) is 74.3 Å². The summed E-state index contributed by atoms with van der Waals surface area (Å²) in [6.07, 6.45) is 1.07. The molecule has 2 saturated heterocycles. The Morgan fingerprint density at radius 2 is 1.01 bits per heavy atom. The van der Waals surface area contributed by atoms with Gasteiger partial charge in [-0.05, 0) is 78.4 Å². The fourth-order valence-corrected chi connectivity index (χ4v) is 8.16. The summed E-state index contributed by atoms with van der Waals surface area (Å²) >= 11 is 18.3. The molecule has 0 amide bonds. The molecule has 0 bridgehead atoms. The molecule has 2 aliphatic heterocycles. The summed E-state index contributed by atoms with van der Waals surface area (Å²) in [7, 11) is 4.32. The van der Waals surface area contributed by atoms with E-state index in [4.69, 9.17) is 34.0 Å². The Labute approximate surface area is 464 Å². The summed E-state index contributed by atoms with van der Waals surface area (Å²) in [5, 5.41) is 23.5. The van der Waals surface area contributed by atoms with Crippen molar-refractivity contribution in [1.82, 2.24) is 9.80 Å². The Kier molecular flexibility index (Phi) is 26.9. The predicted octanol–water partition coefficient (Wildman–Crippen LogP) is 7.90. The third-order valence-electron chi connectivity index (χ3n) is 10.4. The van der Waals surface area contributed by atoms with Crippen LogP contribution in [-0.2, 0) is 33.6 Å². The largest absolute Gasteiger partial charge is 1.00 e. The number of nitrogens with two attached hydrogens (primary N) is 1. The number of nitrogens with one attached hydrogen (secondary N) is 1. The number of aromatic hydroxyl groups is 2. The number of halogens is 4. The number of anilines is 2. The van der Waals surface area contributed by atoms with E-state index < -0.39 is 17.9 Å². The second-order valence-corrected chi connectivity index (χ2v) is 18.4. The molecule has 0 spiro atoms. The van der Waals surface area contributed by atoms with Crippen LogP contribution in [0.25, 0.3) is 0 Å². The van der Waals surface area contributed by atoms with E-state index in [9.17, 15) is 24.3 Å². The minimum Gasteiger partial charge on any atom is -0.793 e. The topological polar surface area (TPSA) is 181 Å². The molecule has 6 aromatic carbocycles. The molecule has 19 heteroatoms. The number of nitrogen functional groups attached to an aromatic ring is 1. The van der Waals surface area contributed by atoms with Gasteiger partial charge in [-0.1, -0.05) is 145 Å². The second kappa shape index (κ2) is 31.6. The summed E-state index contributed by atoms with van der Waals surface area (Å²) < 4.78 is 4.95. The molecule has 2 aliphatic rings. The van der Waals surface area contributed by atoms with Crippen LogP contribution in [0, 0.1) is 11.8 Å². The molecule has 367 valence electrons. The van der Waals surface area contributed by atoms with Gasteiger partial charge < -0.3 is 38.8 Å². The number of likely N-dealkylation sites (tertiary alicyclic amines) is 2. The first-order valence-corrected chi connectivity index (χ1v) is 24.1. The fraction of sp³-hybridized carbons (Fsp3) is 0.231. The van der Waals surface area contributed by atoms with Crippen LogP contribution in [-0.4, -0.2) is 85.0 Å². The molecule has 8 rings (SSSR count). The zero-order valence-corrected chi connectivity index (χ0v) is 46.3. The van der Waals surface area contributed by atoms with Gasteiger partial charge in [-0.25, -0.2) is 19.4 Å². The Morgan fingerprint density at radius 1 is 0.662 bits per heavy atom. The van der Waals surface area contributed by atoms with Crippen molar-refractivity contribution in [1.29, 1.82) is 0 Å². The molecule has 0 saturated carbocycles. The van der Waals surface area contributed by atoms with Gasteiger partial charge in [0.2, 0.25) is 5.97 Å². The van der Waals surface area contributed by atoms with Crippen molar-refractivity contribution in [3.63, 3.8) is 0 Å². The van der Waals surface area contributed by atoms with Crippen LogP contribution in [0.4, 0.5) is 11.4 Å². The number of carbonyl (C=O) groups is 4. The van der Waals surface area contributed by atoms with Crippen LogP contribution in [0.5, 0.6) is 11.5 Å². The van der Waals surface area contributed by atoms with E-state index in [0.717, 1.165) is 52.9 Å². The number of hydrogen-bond acceptors (Lipinski definition) is 13. The number of nitrogens with zero attached hydrogens (tertiary/aromatic N) is 2. The van der Waals surface area contributed by atoms with Crippen molar-refractivity contribution in [2.24, 2.45) is 11.8 Å². The van der Waals surface area contributed by atoms with Crippen molar-refractivity contribution in [2.45, 2.75) is 32.9 Å². The van der Waals surface area contributed by atoms with Crippen LogP contribution in [0.3, 0.4) is 0 Å². The second-order valence-electron chi connectivity index (χ2n) is 15.9. The first-order valence-electron chi connectivity index (χ1n) is 21.7. The van der Waals surface area contributed by atoms with Crippen LogP contribution in [0.2, 0.25) is 10.0 Å². The Morgan fingerprint density at radius 3 is 1.35 bits per heavy atom. The SMILES string of the molecule is CC(=O)OOC(C)=O.Nc1cc(Cl)c(Br)cc1O.O=CC1CN(C(c2ccccc2)c2ccccc2)C1.Oc1cc(Br)c(Cl)cc1NCC1CN(C(c2ccccc2)c2ccccc2)C1.[B-]OC(C)=O.[Na+]. The molecule has 13 nitrogen and oxygen atoms in total. The standard InChI is InChI=1S/C23H22BrClN2O.C17H17NO.C6H5BrClNO.C4H6O4.C2H3BO2.Na/c24-19-11-22(28)21(12-20(19)25)26-13-16-14-27(15-16)23(17-7-3-1-4-8-17)18-9-5-2-6-10-18;19-13-14-11-18(12-14)17(15-7-3-1-4-8-15)16-9-5-2-6-10-16;7-3-1-6(10)5(9)2-4(3)8;1-3(5)7-8-4(2)6;1-2(4)5-3;/h1-12,16,23,26,28H,13-15H2;1-10,13-14,17H,11-12H2;1-2,10H,9H2;1-2H3;1H3;/q;;;;-1;+1. The van der Waals surface area contributed by atoms with Crippen LogP contribution in [0.15, 0.2) is 155 Å². The van der Waals surface area contributed by atoms with Crippen molar-refractivity contribution in [3.05, 3.63) is 187 Å². The van der Waals surface area contributed by atoms with E-state index in [1.807, 2.05) is 12.1 Å². The van der Waals surface area contributed by atoms with Crippen LogP contribution >= 0.6 is 55.1 Å². The third kappa shape index (κ3) is 20.3. The van der Waals surface area contributed by atoms with Crippen molar-refractivity contribution >= 4 is 98.7 Å². The van der Waals surface area contributed by atoms with E-state index in [-0.39, 0.29) is 64.7 Å². The van der Waals surface area contributed by atoms with Gasteiger partial charge in [-0.15, -0.1) is 0 Å². The van der Waals surface area contributed by atoms with E-state index in [2.05, 4.69) is 179 Å². The molecule has 71 heavy (non-hydrogen) atoms. The number of rotatable bonds is 10. The summed E-state index contributed by atoms with van der Waals surface area (Å²) in [5.74, 6) is -0.771. The Bertz CT molecular complexity index is 2450. The minimum atomic E-state index is -0.639. The van der Waals surface area contributed by atoms with Gasteiger partial charge in [0.1, 0.15) is 17.8 Å². The molecule has 6 aromatic rings. The molecule has 2 heterocycles. The fourth-order valence-electron chi connectivity index (χ4n) is 7.17. The van der Waals surface area contributed by atoms with Gasteiger partial charge in [0.25, 0.3) is 0 Å². The minimum absolute atomic E-state index is 0. The molecule has 5 N–H and O–H groups in total. The molecule has 0 aromatic heterocycles. The normalized spacial score (nSPS) is 12.9. The number of aldehydes is 1. The average molecular weight is 1140 g/mol. The Hall–Kier alpha value is -4.88. The Balaban J connectivity index is 0.000000267. The van der Waals surface area contributed by atoms with E-state index in [1.54, 1.807) is 12.1 Å². The molecule has 0 unspecified atom stereocenters. The average Bonchev–Trinajstić information content (AvgIpc) is 3.33. The first-order chi connectivity index (χ1) is 33.5. The van der Waals surface area contributed by atoms with Crippen molar-refractivity contribution in [2.75, 3.05) is 43.8 Å². The van der Waals surface area contributed by atoms with Crippen molar-refractivity contribution < 1.29 is 73.4 Å². The van der Waals surface area contributed by atoms with Crippen LogP contribution < -0.4 is 40.6 Å². The smallest absolute Gasteiger partial charge is 0.793 e. The van der Waals surface area contributed by atoms with Gasteiger partial charge in [0.15, 0.2) is 0 Å². The molecule has 0 aliphatic carbocycles. The number of phenols is 2. The van der Waals surface area contributed by atoms with Gasteiger partial charge in [-0.2, -0.15) is 0 Å². The van der Waals surface area contributed by atoms with Gasteiger partial charge in [0.05, 0.1) is 33.5 Å². The quantitative estimate of drug-likeness (QED) is 0.0260. The monoisotopic (exact) mass is 1140 g/mol. The maximum atomic E-state index is 10.8. The van der Waals surface area contributed by atoms with Gasteiger partial charge in [-0.3, -0.25) is 14.6 Å². The zero-order valence-electron chi connectivity index (χ0n) is 39.6. The van der Waals surface area contributed by atoms with E-state index in [0.29, 0.717) is 30.6 Å². The molecule has 3 radical (unpaired) electrons. The summed E-state index contributed by atoms with van der Waals surface area (Å²) in [6, 6.07) is 49.2. The summed E-state index contributed by atoms with van der Waals surface area (Å²) in [4.78, 5) is 52.5. The molecule has 0 atom stereocenters. The molecule has 2 fully saturated rings. The van der Waals surface area contributed by atoms with E-state index >= 15 is 0 Å². The third-order valence-corrected chi connectivity index (χ3v) is 12.8. The maximum absolute atomic E-state index is 10.8. The van der Waals surface area contributed by atoms with Crippen LogP contribution in [0.1, 0.15) is 55.1 Å². The van der Waals surface area contributed by atoms with E-state index in [1.165, 1.54) is 41.3 Å². The first kappa shape index (κ1) is 60.4. The van der Waals surface area contributed by atoms with Gasteiger partial charge >= 0.3 is 41.5 Å². The number of carbonyl (C=O) groups excluding carboxylic acids is 4. The number of hydrogen-bond donors (Lipinski definition) is 4. The molecular weight excluding hydrogens is 1090 g/mol. The summed E-state index contributed by atoms with van der Waals surface area (Å²) in [6.45, 7) is 8.05. The van der Waals surface area contributed by atoms with Crippen molar-refractivity contribution in [3.8, 4) is 11.5 Å². The molecular formula is C52H53BBr2Cl2N4NaO9. The predicted molar refractivity (Wildman–Crippen MR) is 281 cm³/mol. The number of phenolic OH excluding ortho intramolecular Hbond substituents is 2. The zero-order chi connectivity index (χ0) is 51.2. The number of benzene rings is 6.